The van der Waals surface area contributed by atoms with Gasteiger partial charge in [-0.25, -0.2) is 9.37 Å². The van der Waals surface area contributed by atoms with Gasteiger partial charge in [-0.2, -0.15) is 0 Å². The lowest BCUT2D eigenvalue weighted by molar-refractivity contribution is 0.641. The summed E-state index contributed by atoms with van der Waals surface area (Å²) >= 11 is 3.49. The average Bonchev–Trinajstić information content (AvgIpc) is 2.56. The van der Waals surface area contributed by atoms with Crippen molar-refractivity contribution >= 4 is 49.3 Å². The van der Waals surface area contributed by atoms with Crippen LogP contribution in [-0.4, -0.2) is 12.0 Å². The highest BCUT2D eigenvalue weighted by molar-refractivity contribution is 14.1. The van der Waals surface area contributed by atoms with Crippen molar-refractivity contribution < 1.29 is 4.39 Å². The fourth-order valence-electron chi connectivity index (χ4n) is 1.05. The molecule has 0 aliphatic carbocycles. The van der Waals surface area contributed by atoms with Crippen molar-refractivity contribution in [2.45, 2.75) is 0 Å². The van der Waals surface area contributed by atoms with Crippen molar-refractivity contribution in [1.82, 2.24) is 4.98 Å². The molecular weight excluding hydrogens is 302 g/mol. The molecule has 13 heavy (non-hydrogen) atoms. The van der Waals surface area contributed by atoms with Gasteiger partial charge in [0.15, 0.2) is 5.13 Å². The van der Waals surface area contributed by atoms with Gasteiger partial charge in [-0.1, -0.05) is 11.3 Å². The molecule has 1 heterocycles. The van der Waals surface area contributed by atoms with Crippen molar-refractivity contribution in [3.63, 3.8) is 0 Å². The molecule has 1 aromatic heterocycles. The Kier molecular flexibility index (Phi) is 2.37. The fraction of sp³-hybridized carbons (Fsp3) is 0.125. The van der Waals surface area contributed by atoms with Crippen molar-refractivity contribution in [1.29, 1.82) is 0 Å². The molecule has 68 valence electrons. The van der Waals surface area contributed by atoms with Crippen LogP contribution in [0.3, 0.4) is 0 Å². The molecule has 2 aromatic rings. The van der Waals surface area contributed by atoms with E-state index in [1.54, 1.807) is 13.1 Å². The minimum absolute atomic E-state index is 0.200. The predicted molar refractivity (Wildman–Crippen MR) is 61.8 cm³/mol. The van der Waals surface area contributed by atoms with Crippen LogP contribution in [0, 0.1) is 9.39 Å². The van der Waals surface area contributed by atoms with Crippen LogP contribution in [0.2, 0.25) is 0 Å². The molecule has 5 heteroatoms. The first-order valence-corrected chi connectivity index (χ1v) is 5.54. The first-order chi connectivity index (χ1) is 6.22. The fourth-order valence-corrected chi connectivity index (χ4v) is 2.66. The maximum absolute atomic E-state index is 13.3. The number of halogens is 2. The van der Waals surface area contributed by atoms with Gasteiger partial charge in [0.1, 0.15) is 5.82 Å². The van der Waals surface area contributed by atoms with E-state index in [-0.39, 0.29) is 5.82 Å². The smallest absolute Gasteiger partial charge is 0.183 e. The van der Waals surface area contributed by atoms with Crippen molar-refractivity contribution in [3.8, 4) is 0 Å². The second-order valence-corrected chi connectivity index (χ2v) is 4.64. The van der Waals surface area contributed by atoms with E-state index in [1.807, 2.05) is 0 Å². The zero-order chi connectivity index (χ0) is 9.42. The predicted octanol–water partition coefficient (Wildman–Crippen LogP) is 3.08. The monoisotopic (exact) mass is 308 g/mol. The van der Waals surface area contributed by atoms with Gasteiger partial charge >= 0.3 is 0 Å². The third kappa shape index (κ3) is 1.50. The highest BCUT2D eigenvalue weighted by atomic mass is 127. The average molecular weight is 308 g/mol. The van der Waals surface area contributed by atoms with Gasteiger partial charge in [0.05, 0.1) is 10.2 Å². The van der Waals surface area contributed by atoms with Gasteiger partial charge in [-0.15, -0.1) is 0 Å². The molecule has 0 aliphatic rings. The molecule has 0 fully saturated rings. The zero-order valence-corrected chi connectivity index (χ0v) is 9.74. The van der Waals surface area contributed by atoms with Crippen molar-refractivity contribution in [2.75, 3.05) is 12.4 Å². The molecule has 1 aromatic carbocycles. The summed E-state index contributed by atoms with van der Waals surface area (Å²) in [4.78, 5) is 4.25. The number of rotatable bonds is 1. The van der Waals surface area contributed by atoms with Crippen LogP contribution in [-0.2, 0) is 0 Å². The van der Waals surface area contributed by atoms with Gasteiger partial charge in [-0.05, 0) is 34.7 Å². The lowest BCUT2D eigenvalue weighted by atomic mass is 10.3. The number of hydrogen-bond acceptors (Lipinski definition) is 3. The maximum atomic E-state index is 13.3. The molecule has 0 amide bonds. The number of nitrogens with zero attached hydrogens (tertiary/aromatic N) is 1. The lowest BCUT2D eigenvalue weighted by Gasteiger charge is -1.91. The summed E-state index contributed by atoms with van der Waals surface area (Å²) in [6, 6.07) is 3.21. The summed E-state index contributed by atoms with van der Waals surface area (Å²) < 4.78 is 14.9. The Bertz CT molecular complexity index is 416. The Labute approximate surface area is 92.3 Å². The van der Waals surface area contributed by atoms with Crippen LogP contribution in [0.5, 0.6) is 0 Å². The summed E-state index contributed by atoms with van der Waals surface area (Å²) in [5, 5.41) is 3.66. The Balaban J connectivity index is 2.80. The topological polar surface area (TPSA) is 24.9 Å². The van der Waals surface area contributed by atoms with Crippen molar-refractivity contribution in [3.05, 3.63) is 21.5 Å². The summed E-state index contributed by atoms with van der Waals surface area (Å²) in [6.45, 7) is 0. The van der Waals surface area contributed by atoms with E-state index >= 15 is 0 Å². The van der Waals surface area contributed by atoms with E-state index in [9.17, 15) is 4.39 Å². The Hall–Kier alpha value is -0.430. The van der Waals surface area contributed by atoms with E-state index in [0.717, 1.165) is 14.2 Å². The summed E-state index contributed by atoms with van der Waals surface area (Å²) in [7, 11) is 1.78. The number of hydrogen-bond donors (Lipinski definition) is 1. The van der Waals surface area contributed by atoms with Crippen LogP contribution < -0.4 is 5.32 Å². The van der Waals surface area contributed by atoms with Gasteiger partial charge in [0, 0.05) is 10.6 Å². The summed E-state index contributed by atoms with van der Waals surface area (Å²) in [5.41, 5.74) is 0.745. The quantitative estimate of drug-likeness (QED) is 0.819. The third-order valence-electron chi connectivity index (χ3n) is 1.66. The standard InChI is InChI=1S/C8H6FIN2S/c1-11-8-12-6-5(10)3-2-4(9)7(6)13-8/h2-3H,1H3,(H,11,12). The first-order valence-electron chi connectivity index (χ1n) is 3.64. The molecule has 0 bridgehead atoms. The molecule has 2 rings (SSSR count). The minimum Gasteiger partial charge on any atom is -0.365 e. The number of aromatic nitrogens is 1. The van der Waals surface area contributed by atoms with Crippen LogP contribution in [0.4, 0.5) is 9.52 Å². The van der Waals surface area contributed by atoms with Crippen LogP contribution >= 0.6 is 33.9 Å². The molecule has 0 saturated heterocycles. The SMILES string of the molecule is CNc1nc2c(I)ccc(F)c2s1. The molecule has 0 saturated carbocycles. The Morgan fingerprint density at radius 3 is 2.92 bits per heavy atom. The van der Waals surface area contributed by atoms with E-state index in [0.29, 0.717) is 4.70 Å². The molecule has 1 N–H and O–H groups in total. The summed E-state index contributed by atoms with van der Waals surface area (Å²) in [5.74, 6) is -0.200. The van der Waals surface area contributed by atoms with Crippen LogP contribution in [0.15, 0.2) is 12.1 Å². The molecular formula is C8H6FIN2S. The second-order valence-electron chi connectivity index (χ2n) is 2.48. The molecule has 0 unspecified atom stereocenters. The highest BCUT2D eigenvalue weighted by Gasteiger charge is 2.09. The van der Waals surface area contributed by atoms with E-state index < -0.39 is 0 Å². The number of thiazole rings is 1. The van der Waals surface area contributed by atoms with Gasteiger partial charge < -0.3 is 5.32 Å². The van der Waals surface area contributed by atoms with E-state index in [2.05, 4.69) is 32.9 Å². The Morgan fingerprint density at radius 2 is 2.31 bits per heavy atom. The zero-order valence-electron chi connectivity index (χ0n) is 6.77. The highest BCUT2D eigenvalue weighted by Crippen LogP contribution is 2.30. The number of benzene rings is 1. The molecule has 0 atom stereocenters. The van der Waals surface area contributed by atoms with Gasteiger partial charge in [0.25, 0.3) is 0 Å². The Morgan fingerprint density at radius 1 is 1.54 bits per heavy atom. The van der Waals surface area contributed by atoms with E-state index in [4.69, 9.17) is 0 Å². The van der Waals surface area contributed by atoms with Crippen LogP contribution in [0.25, 0.3) is 10.2 Å². The summed E-state index contributed by atoms with van der Waals surface area (Å²) in [6.07, 6.45) is 0. The lowest BCUT2D eigenvalue weighted by Crippen LogP contribution is -1.84. The molecule has 2 nitrogen and oxygen atoms in total. The maximum Gasteiger partial charge on any atom is 0.183 e. The largest absolute Gasteiger partial charge is 0.365 e. The normalized spacial score (nSPS) is 10.7. The molecule has 0 aliphatic heterocycles. The second kappa shape index (κ2) is 3.38. The van der Waals surface area contributed by atoms with Crippen molar-refractivity contribution in [2.24, 2.45) is 0 Å². The molecule has 0 radical (unpaired) electrons. The van der Waals surface area contributed by atoms with Gasteiger partial charge in [0.2, 0.25) is 0 Å². The number of anilines is 1. The number of fused-ring (bicyclic) bond motifs is 1. The van der Waals surface area contributed by atoms with Crippen LogP contribution in [0.1, 0.15) is 0 Å². The van der Waals surface area contributed by atoms with Gasteiger partial charge in [-0.3, -0.25) is 0 Å². The van der Waals surface area contributed by atoms with E-state index in [1.165, 1.54) is 17.4 Å². The molecule has 0 spiro atoms. The first kappa shape index (κ1) is 9.14. The number of nitrogens with one attached hydrogen (secondary N) is 1. The third-order valence-corrected chi connectivity index (χ3v) is 3.61. The minimum atomic E-state index is -0.200.